The number of nitro groups is 1. The molecule has 0 radical (unpaired) electrons. The quantitative estimate of drug-likeness (QED) is 0.660. The molecule has 6 nitrogen and oxygen atoms in total. The predicted molar refractivity (Wildman–Crippen MR) is 81.5 cm³/mol. The number of nitrogens with zero attached hydrogens (tertiary/aromatic N) is 1. The molecule has 1 aliphatic rings. The minimum atomic E-state index is -0.464. The van der Waals surface area contributed by atoms with E-state index < -0.39 is 4.92 Å². The number of nitro benzene ring substituents is 1. The lowest BCUT2D eigenvalue weighted by atomic mass is 9.97. The minimum absolute atomic E-state index is 0.0306. The number of carbonyl (C=O) groups is 1. The molecule has 1 aromatic rings. The van der Waals surface area contributed by atoms with Gasteiger partial charge in [-0.1, -0.05) is 13.8 Å². The highest BCUT2D eigenvalue weighted by molar-refractivity contribution is 5.96. The van der Waals surface area contributed by atoms with Crippen LogP contribution in [0.3, 0.4) is 0 Å². The summed E-state index contributed by atoms with van der Waals surface area (Å²) in [5.74, 6) is 0.892. The van der Waals surface area contributed by atoms with Crippen LogP contribution < -0.4 is 10.6 Å². The number of amides is 1. The minimum Gasteiger partial charge on any atom is -0.383 e. The lowest BCUT2D eigenvalue weighted by Crippen LogP contribution is -2.37. The number of anilines is 1. The summed E-state index contributed by atoms with van der Waals surface area (Å²) in [5, 5.41) is 16.7. The van der Waals surface area contributed by atoms with Crippen molar-refractivity contribution in [2.24, 2.45) is 11.8 Å². The molecule has 0 aromatic heterocycles. The molecular weight excluding hydrogens is 270 g/mol. The number of nitrogens with one attached hydrogen (secondary N) is 2. The van der Waals surface area contributed by atoms with Crippen LogP contribution >= 0.6 is 0 Å². The monoisotopic (exact) mass is 291 g/mol. The van der Waals surface area contributed by atoms with E-state index in [-0.39, 0.29) is 17.6 Å². The van der Waals surface area contributed by atoms with Crippen LogP contribution in [-0.4, -0.2) is 23.9 Å². The first kappa shape index (κ1) is 15.3. The van der Waals surface area contributed by atoms with Gasteiger partial charge in [-0.05, 0) is 36.8 Å². The van der Waals surface area contributed by atoms with Crippen LogP contribution in [0.15, 0.2) is 18.2 Å². The van der Waals surface area contributed by atoms with Crippen molar-refractivity contribution in [3.63, 3.8) is 0 Å². The van der Waals surface area contributed by atoms with Crippen molar-refractivity contribution < 1.29 is 9.72 Å². The molecule has 114 valence electrons. The number of benzene rings is 1. The second kappa shape index (κ2) is 6.11. The highest BCUT2D eigenvalue weighted by Gasteiger charge is 2.31. The van der Waals surface area contributed by atoms with Crippen LogP contribution in [0.25, 0.3) is 0 Å². The molecule has 1 aromatic carbocycles. The van der Waals surface area contributed by atoms with Crippen molar-refractivity contribution in [1.82, 2.24) is 5.32 Å². The van der Waals surface area contributed by atoms with Crippen LogP contribution in [0.4, 0.5) is 11.4 Å². The Kier molecular flexibility index (Phi) is 4.45. The van der Waals surface area contributed by atoms with E-state index in [0.29, 0.717) is 23.1 Å². The number of rotatable bonds is 4. The maximum atomic E-state index is 12.3. The molecule has 0 saturated heterocycles. The summed E-state index contributed by atoms with van der Waals surface area (Å²) < 4.78 is 0. The summed E-state index contributed by atoms with van der Waals surface area (Å²) in [5.41, 5.74) is 0.758. The van der Waals surface area contributed by atoms with Gasteiger partial charge in [0.25, 0.3) is 11.6 Å². The van der Waals surface area contributed by atoms with Gasteiger partial charge in [-0.25, -0.2) is 0 Å². The fraction of sp³-hybridized carbons (Fsp3) is 0.533. The molecular formula is C15H21N3O3. The third kappa shape index (κ3) is 3.15. The first-order valence-electron chi connectivity index (χ1n) is 7.21. The molecule has 3 unspecified atom stereocenters. The van der Waals surface area contributed by atoms with Crippen LogP contribution in [0, 0.1) is 22.0 Å². The molecule has 1 aliphatic carbocycles. The molecule has 6 heteroatoms. The first-order chi connectivity index (χ1) is 9.93. The standard InChI is InChI=1S/C15H21N3O3/c1-9-4-6-12(10(9)2)17-15(19)11-5-7-14(18(20)21)13(8-11)16-3/h5,7-10,12,16H,4,6H2,1-3H3,(H,17,19). The summed E-state index contributed by atoms with van der Waals surface area (Å²) in [7, 11) is 1.60. The van der Waals surface area contributed by atoms with E-state index in [2.05, 4.69) is 24.5 Å². The number of hydrogen-bond acceptors (Lipinski definition) is 4. The topological polar surface area (TPSA) is 84.3 Å². The second-order valence-corrected chi connectivity index (χ2v) is 5.73. The van der Waals surface area contributed by atoms with Gasteiger partial charge in [0.05, 0.1) is 4.92 Å². The lowest BCUT2D eigenvalue weighted by molar-refractivity contribution is -0.383. The van der Waals surface area contributed by atoms with Crippen molar-refractivity contribution in [3.05, 3.63) is 33.9 Å². The van der Waals surface area contributed by atoms with Gasteiger partial charge in [0.1, 0.15) is 5.69 Å². The molecule has 0 spiro atoms. The normalized spacial score (nSPS) is 24.6. The Hall–Kier alpha value is -2.11. The molecule has 0 heterocycles. The Morgan fingerprint density at radius 2 is 2.05 bits per heavy atom. The summed E-state index contributed by atoms with van der Waals surface area (Å²) in [6.45, 7) is 4.35. The summed E-state index contributed by atoms with van der Waals surface area (Å²) in [6, 6.07) is 4.57. The SMILES string of the molecule is CNc1cc(C(=O)NC2CCC(C)C2C)ccc1[N+](=O)[O-]. The van der Waals surface area contributed by atoms with Gasteiger partial charge in [-0.15, -0.1) is 0 Å². The van der Waals surface area contributed by atoms with E-state index in [1.54, 1.807) is 7.05 Å². The van der Waals surface area contributed by atoms with E-state index in [0.717, 1.165) is 12.8 Å². The molecule has 1 amide bonds. The number of hydrogen-bond donors (Lipinski definition) is 2. The number of carbonyl (C=O) groups excluding carboxylic acids is 1. The third-order valence-corrected chi connectivity index (χ3v) is 4.51. The molecule has 2 rings (SSSR count). The van der Waals surface area contributed by atoms with Gasteiger partial charge < -0.3 is 10.6 Å². The molecule has 0 aliphatic heterocycles. The average Bonchev–Trinajstić information content (AvgIpc) is 2.78. The van der Waals surface area contributed by atoms with E-state index >= 15 is 0 Å². The van der Waals surface area contributed by atoms with Crippen LogP contribution in [0.1, 0.15) is 37.0 Å². The van der Waals surface area contributed by atoms with Gasteiger partial charge in [0.15, 0.2) is 0 Å². The Labute approximate surface area is 124 Å². The van der Waals surface area contributed by atoms with E-state index in [4.69, 9.17) is 0 Å². The zero-order valence-electron chi connectivity index (χ0n) is 12.6. The highest BCUT2D eigenvalue weighted by Crippen LogP contribution is 2.31. The molecule has 21 heavy (non-hydrogen) atoms. The van der Waals surface area contributed by atoms with Crippen molar-refractivity contribution in [2.45, 2.75) is 32.7 Å². The van der Waals surface area contributed by atoms with Crippen LogP contribution in [0.5, 0.6) is 0 Å². The van der Waals surface area contributed by atoms with Gasteiger partial charge in [0, 0.05) is 24.7 Å². The Morgan fingerprint density at radius 3 is 2.57 bits per heavy atom. The summed E-state index contributed by atoms with van der Waals surface area (Å²) >= 11 is 0. The van der Waals surface area contributed by atoms with E-state index in [9.17, 15) is 14.9 Å². The van der Waals surface area contributed by atoms with Gasteiger partial charge in [-0.3, -0.25) is 14.9 Å². The maximum absolute atomic E-state index is 12.3. The Balaban J connectivity index is 2.14. The van der Waals surface area contributed by atoms with Crippen LogP contribution in [0.2, 0.25) is 0 Å². The van der Waals surface area contributed by atoms with Crippen molar-refractivity contribution in [1.29, 1.82) is 0 Å². The fourth-order valence-corrected chi connectivity index (χ4v) is 2.86. The Bertz CT molecular complexity index is 559. The average molecular weight is 291 g/mol. The zero-order valence-corrected chi connectivity index (χ0v) is 12.6. The zero-order chi connectivity index (χ0) is 15.6. The third-order valence-electron chi connectivity index (χ3n) is 4.51. The Morgan fingerprint density at radius 1 is 1.33 bits per heavy atom. The largest absolute Gasteiger partial charge is 0.383 e. The molecule has 3 atom stereocenters. The van der Waals surface area contributed by atoms with Gasteiger partial charge in [0.2, 0.25) is 0 Å². The summed E-state index contributed by atoms with van der Waals surface area (Å²) in [4.78, 5) is 22.7. The van der Waals surface area contributed by atoms with Crippen LogP contribution in [-0.2, 0) is 0 Å². The van der Waals surface area contributed by atoms with E-state index in [1.807, 2.05) is 0 Å². The summed E-state index contributed by atoms with van der Waals surface area (Å²) in [6.07, 6.45) is 2.11. The van der Waals surface area contributed by atoms with Crippen molar-refractivity contribution in [2.75, 3.05) is 12.4 Å². The molecule has 0 bridgehead atoms. The smallest absolute Gasteiger partial charge is 0.292 e. The van der Waals surface area contributed by atoms with Crippen molar-refractivity contribution in [3.8, 4) is 0 Å². The molecule has 2 N–H and O–H groups in total. The molecule has 1 saturated carbocycles. The lowest BCUT2D eigenvalue weighted by Gasteiger charge is -2.19. The highest BCUT2D eigenvalue weighted by atomic mass is 16.6. The molecule has 1 fully saturated rings. The van der Waals surface area contributed by atoms with Gasteiger partial charge >= 0.3 is 0 Å². The first-order valence-corrected chi connectivity index (χ1v) is 7.21. The second-order valence-electron chi connectivity index (χ2n) is 5.73. The van der Waals surface area contributed by atoms with Gasteiger partial charge in [-0.2, -0.15) is 0 Å². The van der Waals surface area contributed by atoms with Crippen molar-refractivity contribution >= 4 is 17.3 Å². The maximum Gasteiger partial charge on any atom is 0.292 e. The fourth-order valence-electron chi connectivity index (χ4n) is 2.86. The van der Waals surface area contributed by atoms with E-state index in [1.165, 1.54) is 18.2 Å². The predicted octanol–water partition coefficient (Wildman–Crippen LogP) is 2.80.